The minimum Gasteiger partial charge on any atom is -0.368 e. The van der Waals surface area contributed by atoms with Crippen molar-refractivity contribution in [2.75, 3.05) is 31.1 Å². The Morgan fingerprint density at radius 3 is 2.55 bits per heavy atom. The van der Waals surface area contributed by atoms with Crippen LogP contribution in [0.1, 0.15) is 39.5 Å². The van der Waals surface area contributed by atoms with E-state index in [9.17, 15) is 4.79 Å². The molecule has 0 saturated carbocycles. The normalized spacial score (nSPS) is 16.7. The number of carbonyl (C=O) groups excluding carboxylic acids is 1. The van der Waals surface area contributed by atoms with Gasteiger partial charge >= 0.3 is 0 Å². The van der Waals surface area contributed by atoms with E-state index in [4.69, 9.17) is 11.6 Å². The van der Waals surface area contributed by atoms with Crippen LogP contribution < -0.4 is 4.90 Å². The van der Waals surface area contributed by atoms with Gasteiger partial charge in [0.2, 0.25) is 5.91 Å². The SMILES string of the molecule is CCCCC(CC)C(=O)N1CCN(c2cccc(Cl)c2)CC1. The van der Waals surface area contributed by atoms with E-state index in [1.54, 1.807) is 0 Å². The van der Waals surface area contributed by atoms with Crippen molar-refractivity contribution in [2.45, 2.75) is 39.5 Å². The highest BCUT2D eigenvalue weighted by atomic mass is 35.5. The molecule has 1 fully saturated rings. The molecule has 0 aromatic heterocycles. The average Bonchev–Trinajstić information content (AvgIpc) is 2.55. The number of nitrogens with zero attached hydrogens (tertiary/aromatic N) is 2. The van der Waals surface area contributed by atoms with Crippen LogP contribution in [0.3, 0.4) is 0 Å². The van der Waals surface area contributed by atoms with Crippen molar-refractivity contribution in [1.29, 1.82) is 0 Å². The summed E-state index contributed by atoms with van der Waals surface area (Å²) in [6, 6.07) is 7.95. The van der Waals surface area contributed by atoms with Gasteiger partial charge in [0.1, 0.15) is 0 Å². The zero-order valence-electron chi connectivity index (χ0n) is 13.7. The van der Waals surface area contributed by atoms with Crippen molar-refractivity contribution in [3.63, 3.8) is 0 Å². The Bertz CT molecular complexity index is 484. The van der Waals surface area contributed by atoms with Crippen molar-refractivity contribution in [1.82, 2.24) is 4.90 Å². The molecule has 0 radical (unpaired) electrons. The Labute approximate surface area is 139 Å². The molecular weight excluding hydrogens is 296 g/mol. The summed E-state index contributed by atoms with van der Waals surface area (Å²) in [5, 5.41) is 0.765. The summed E-state index contributed by atoms with van der Waals surface area (Å²) in [6.07, 6.45) is 4.28. The largest absolute Gasteiger partial charge is 0.368 e. The van der Waals surface area contributed by atoms with Gasteiger partial charge in [-0.3, -0.25) is 4.79 Å². The number of piperazine rings is 1. The Morgan fingerprint density at radius 1 is 1.23 bits per heavy atom. The Hall–Kier alpha value is -1.22. The summed E-state index contributed by atoms with van der Waals surface area (Å²) < 4.78 is 0. The summed E-state index contributed by atoms with van der Waals surface area (Å²) in [7, 11) is 0. The minimum atomic E-state index is 0.206. The van der Waals surface area contributed by atoms with E-state index in [0.29, 0.717) is 5.91 Å². The second-order valence-electron chi connectivity index (χ2n) is 6.04. The van der Waals surface area contributed by atoms with Crippen molar-refractivity contribution >= 4 is 23.2 Å². The molecule has 1 amide bonds. The molecule has 22 heavy (non-hydrogen) atoms. The quantitative estimate of drug-likeness (QED) is 0.783. The fourth-order valence-electron chi connectivity index (χ4n) is 3.07. The molecule has 3 nitrogen and oxygen atoms in total. The summed E-state index contributed by atoms with van der Waals surface area (Å²) in [4.78, 5) is 17.0. The number of anilines is 1. The van der Waals surface area contributed by atoms with Crippen molar-refractivity contribution < 1.29 is 4.79 Å². The molecule has 1 aliphatic heterocycles. The third kappa shape index (κ3) is 4.39. The van der Waals surface area contributed by atoms with Gasteiger partial charge in [0.05, 0.1) is 0 Å². The van der Waals surface area contributed by atoms with Gasteiger partial charge < -0.3 is 9.80 Å². The van der Waals surface area contributed by atoms with Gasteiger partial charge in [0, 0.05) is 42.8 Å². The second-order valence-corrected chi connectivity index (χ2v) is 6.48. The molecule has 1 aromatic carbocycles. The van der Waals surface area contributed by atoms with Crippen LogP contribution in [0.15, 0.2) is 24.3 Å². The van der Waals surface area contributed by atoms with Crippen molar-refractivity contribution in [3.8, 4) is 0 Å². The summed E-state index contributed by atoms with van der Waals surface area (Å²) in [6.45, 7) is 7.70. The maximum Gasteiger partial charge on any atom is 0.225 e. The molecular formula is C18H27ClN2O. The summed E-state index contributed by atoms with van der Waals surface area (Å²) in [5.41, 5.74) is 1.15. The Balaban J connectivity index is 1.89. The number of hydrogen-bond acceptors (Lipinski definition) is 2. The highest BCUT2D eigenvalue weighted by Crippen LogP contribution is 2.22. The fourth-order valence-corrected chi connectivity index (χ4v) is 3.25. The van der Waals surface area contributed by atoms with E-state index in [1.807, 2.05) is 23.1 Å². The molecule has 1 aliphatic rings. The van der Waals surface area contributed by atoms with E-state index in [1.165, 1.54) is 0 Å². The molecule has 1 atom stereocenters. The standard InChI is InChI=1S/C18H27ClN2O/c1-3-5-7-15(4-2)18(22)21-12-10-20(11-13-21)17-9-6-8-16(19)14-17/h6,8-9,14-15H,3-5,7,10-13H2,1-2H3. The smallest absolute Gasteiger partial charge is 0.225 e. The lowest BCUT2D eigenvalue weighted by atomic mass is 9.97. The van der Waals surface area contributed by atoms with E-state index < -0.39 is 0 Å². The van der Waals surface area contributed by atoms with E-state index in [2.05, 4.69) is 24.8 Å². The van der Waals surface area contributed by atoms with Crippen LogP contribution >= 0.6 is 11.6 Å². The van der Waals surface area contributed by atoms with E-state index in [0.717, 1.165) is 62.6 Å². The number of rotatable bonds is 6. The van der Waals surface area contributed by atoms with Crippen LogP contribution in [0.2, 0.25) is 5.02 Å². The summed E-state index contributed by atoms with van der Waals surface area (Å²) >= 11 is 6.06. The van der Waals surface area contributed by atoms with Crippen LogP contribution in [-0.4, -0.2) is 37.0 Å². The second kappa shape index (κ2) is 8.42. The molecule has 0 bridgehead atoms. The topological polar surface area (TPSA) is 23.6 Å². The Morgan fingerprint density at radius 2 is 1.95 bits per heavy atom. The number of benzene rings is 1. The highest BCUT2D eigenvalue weighted by Gasteiger charge is 2.26. The molecule has 0 N–H and O–H groups in total. The summed E-state index contributed by atoms with van der Waals surface area (Å²) in [5.74, 6) is 0.555. The predicted octanol–water partition coefficient (Wildman–Crippen LogP) is 4.21. The number of carbonyl (C=O) groups is 1. The lowest BCUT2D eigenvalue weighted by molar-refractivity contribution is -0.136. The van der Waals surface area contributed by atoms with Crippen LogP contribution in [0.25, 0.3) is 0 Å². The number of halogens is 1. The third-order valence-electron chi connectivity index (χ3n) is 4.51. The number of amides is 1. The van der Waals surface area contributed by atoms with Gasteiger partial charge in [-0.2, -0.15) is 0 Å². The minimum absolute atomic E-state index is 0.206. The molecule has 122 valence electrons. The molecule has 1 aromatic rings. The van der Waals surface area contributed by atoms with Crippen LogP contribution in [0.4, 0.5) is 5.69 Å². The number of unbranched alkanes of at least 4 members (excludes halogenated alkanes) is 1. The molecule has 1 unspecified atom stereocenters. The van der Waals surface area contributed by atoms with Crippen molar-refractivity contribution in [3.05, 3.63) is 29.3 Å². The lowest BCUT2D eigenvalue weighted by Crippen LogP contribution is -2.50. The van der Waals surface area contributed by atoms with E-state index in [-0.39, 0.29) is 5.92 Å². The molecule has 0 spiro atoms. The zero-order chi connectivity index (χ0) is 15.9. The molecule has 2 rings (SSSR count). The zero-order valence-corrected chi connectivity index (χ0v) is 14.5. The van der Waals surface area contributed by atoms with Gasteiger partial charge in [0.25, 0.3) is 0 Å². The van der Waals surface area contributed by atoms with Gasteiger partial charge in [-0.25, -0.2) is 0 Å². The first-order valence-electron chi connectivity index (χ1n) is 8.45. The van der Waals surface area contributed by atoms with Crippen LogP contribution in [-0.2, 0) is 4.79 Å². The van der Waals surface area contributed by atoms with Gasteiger partial charge in [-0.05, 0) is 31.0 Å². The predicted molar refractivity (Wildman–Crippen MR) is 93.6 cm³/mol. The van der Waals surface area contributed by atoms with Crippen LogP contribution in [0, 0.1) is 5.92 Å². The van der Waals surface area contributed by atoms with E-state index >= 15 is 0 Å². The first-order valence-corrected chi connectivity index (χ1v) is 8.82. The lowest BCUT2D eigenvalue weighted by Gasteiger charge is -2.37. The van der Waals surface area contributed by atoms with Crippen molar-refractivity contribution in [2.24, 2.45) is 5.92 Å². The molecule has 0 aliphatic carbocycles. The molecule has 4 heteroatoms. The van der Waals surface area contributed by atoms with Gasteiger partial charge in [-0.15, -0.1) is 0 Å². The average molecular weight is 323 g/mol. The van der Waals surface area contributed by atoms with Gasteiger partial charge in [-0.1, -0.05) is 44.4 Å². The van der Waals surface area contributed by atoms with Crippen LogP contribution in [0.5, 0.6) is 0 Å². The van der Waals surface area contributed by atoms with Gasteiger partial charge in [0.15, 0.2) is 0 Å². The third-order valence-corrected chi connectivity index (χ3v) is 4.75. The molecule has 1 saturated heterocycles. The fraction of sp³-hybridized carbons (Fsp3) is 0.611. The molecule has 1 heterocycles. The number of hydrogen-bond donors (Lipinski definition) is 0. The Kier molecular flexibility index (Phi) is 6.56. The highest BCUT2D eigenvalue weighted by molar-refractivity contribution is 6.30. The maximum absolute atomic E-state index is 12.6. The first kappa shape index (κ1) is 17.1. The monoisotopic (exact) mass is 322 g/mol. The maximum atomic E-state index is 12.6. The first-order chi connectivity index (χ1) is 10.7.